The first-order chi connectivity index (χ1) is 9.26. The van der Waals surface area contributed by atoms with E-state index >= 15 is 0 Å². The summed E-state index contributed by atoms with van der Waals surface area (Å²) < 4.78 is 0. The maximum atomic E-state index is 10.9. The number of hydrogen-bond donors (Lipinski definition) is 2. The molecule has 0 aliphatic carbocycles. The molecule has 0 unspecified atom stereocenters. The molecule has 0 aliphatic rings. The van der Waals surface area contributed by atoms with E-state index in [1.54, 1.807) is 0 Å². The lowest BCUT2D eigenvalue weighted by atomic mass is 10.1. The van der Waals surface area contributed by atoms with Crippen molar-refractivity contribution in [3.05, 3.63) is 42.2 Å². The molecule has 1 rings (SSSR count). The molecule has 0 spiro atoms. The van der Waals surface area contributed by atoms with Crippen molar-refractivity contribution in [3.8, 4) is 0 Å². The van der Waals surface area contributed by atoms with Gasteiger partial charge < -0.3 is 10.7 Å². The second-order valence-electron chi connectivity index (χ2n) is 4.36. The van der Waals surface area contributed by atoms with E-state index in [9.17, 15) is 4.79 Å². The summed E-state index contributed by atoms with van der Waals surface area (Å²) >= 11 is 0. The van der Waals surface area contributed by atoms with Crippen molar-refractivity contribution in [2.45, 2.75) is 32.1 Å². The number of carbonyl (C=O) groups is 1. The summed E-state index contributed by atoms with van der Waals surface area (Å²) in [6.45, 7) is 4.12. The predicted molar refractivity (Wildman–Crippen MR) is 77.5 cm³/mol. The topological polar surface area (TPSA) is 65.8 Å². The van der Waals surface area contributed by atoms with Crippen molar-refractivity contribution in [1.82, 2.24) is 10.3 Å². The van der Waals surface area contributed by atoms with Gasteiger partial charge in [-0.15, -0.1) is 0 Å². The summed E-state index contributed by atoms with van der Waals surface area (Å²) in [6.07, 6.45) is 7.81. The Kier molecular flexibility index (Phi) is 7.17. The van der Waals surface area contributed by atoms with Gasteiger partial charge >= 0.3 is 0 Å². The third kappa shape index (κ3) is 6.50. The maximum Gasteiger partial charge on any atom is 0.243 e. The number of aryl methyl sites for hydroxylation is 1. The highest BCUT2D eigenvalue weighted by atomic mass is 16.1. The van der Waals surface area contributed by atoms with E-state index in [2.05, 4.69) is 16.9 Å². The zero-order chi connectivity index (χ0) is 13.9. The average molecular weight is 259 g/mol. The molecular weight excluding hydrogens is 238 g/mol. The minimum absolute atomic E-state index is 0.104. The number of pyridine rings is 1. The Labute approximate surface area is 114 Å². The van der Waals surface area contributed by atoms with E-state index in [1.807, 2.05) is 18.2 Å². The first-order valence-corrected chi connectivity index (χ1v) is 6.63. The number of unbranched alkanes of at least 4 members (excludes halogenated alkanes) is 3. The van der Waals surface area contributed by atoms with Crippen LogP contribution in [0.3, 0.4) is 0 Å². The third-order valence-electron chi connectivity index (χ3n) is 2.82. The van der Waals surface area contributed by atoms with Gasteiger partial charge in [-0.2, -0.15) is 0 Å². The summed E-state index contributed by atoms with van der Waals surface area (Å²) in [5.41, 5.74) is 1.76. The van der Waals surface area contributed by atoms with Crippen molar-refractivity contribution in [3.63, 3.8) is 0 Å². The van der Waals surface area contributed by atoms with Gasteiger partial charge in [0, 0.05) is 18.5 Å². The molecule has 1 heterocycles. The van der Waals surface area contributed by atoms with Crippen LogP contribution in [0.25, 0.3) is 0 Å². The fourth-order valence-electron chi connectivity index (χ4n) is 1.79. The number of amides is 1. The number of nitrogens with one attached hydrogen (secondary N) is 2. The second-order valence-corrected chi connectivity index (χ2v) is 4.36. The number of hydrogen-bond acceptors (Lipinski definition) is 3. The van der Waals surface area contributed by atoms with Crippen molar-refractivity contribution in [1.29, 1.82) is 5.41 Å². The SMILES string of the molecule is C=CC(=O)NCCCCCCc1cccc(C=N)n1. The van der Waals surface area contributed by atoms with Crippen LogP contribution in [0.15, 0.2) is 30.9 Å². The number of rotatable bonds is 9. The lowest BCUT2D eigenvalue weighted by Gasteiger charge is -2.03. The highest BCUT2D eigenvalue weighted by Gasteiger charge is 1.97. The van der Waals surface area contributed by atoms with Crippen molar-refractivity contribution in [2.24, 2.45) is 0 Å². The van der Waals surface area contributed by atoms with Crippen LogP contribution in [0.5, 0.6) is 0 Å². The minimum Gasteiger partial charge on any atom is -0.353 e. The molecule has 1 aromatic heterocycles. The van der Waals surface area contributed by atoms with Gasteiger partial charge in [0.15, 0.2) is 0 Å². The monoisotopic (exact) mass is 259 g/mol. The van der Waals surface area contributed by atoms with Crippen molar-refractivity contribution < 1.29 is 4.79 Å². The van der Waals surface area contributed by atoms with Gasteiger partial charge in [-0.05, 0) is 37.5 Å². The van der Waals surface area contributed by atoms with Crippen LogP contribution < -0.4 is 5.32 Å². The Hall–Kier alpha value is -1.97. The number of aromatic nitrogens is 1. The normalized spacial score (nSPS) is 9.89. The lowest BCUT2D eigenvalue weighted by Crippen LogP contribution is -2.21. The van der Waals surface area contributed by atoms with Crippen molar-refractivity contribution in [2.75, 3.05) is 6.54 Å². The van der Waals surface area contributed by atoms with Crippen LogP contribution in [0.4, 0.5) is 0 Å². The highest BCUT2D eigenvalue weighted by molar-refractivity contribution is 5.86. The number of carbonyl (C=O) groups excluding carboxylic acids is 1. The smallest absolute Gasteiger partial charge is 0.243 e. The molecule has 102 valence electrons. The standard InChI is InChI=1S/C15H21N3O/c1-2-15(19)17-11-6-4-3-5-8-13-9-7-10-14(12-16)18-13/h2,7,9-10,12,16H,1,3-6,8,11H2,(H,17,19). The van der Waals surface area contributed by atoms with Crippen molar-refractivity contribution >= 4 is 12.1 Å². The molecule has 0 radical (unpaired) electrons. The molecule has 0 atom stereocenters. The lowest BCUT2D eigenvalue weighted by molar-refractivity contribution is -0.116. The summed E-state index contributed by atoms with van der Waals surface area (Å²) in [6, 6.07) is 5.77. The van der Waals surface area contributed by atoms with Crippen LogP contribution >= 0.6 is 0 Å². The van der Waals surface area contributed by atoms with Crippen LogP contribution in [-0.2, 0) is 11.2 Å². The third-order valence-corrected chi connectivity index (χ3v) is 2.82. The first-order valence-electron chi connectivity index (χ1n) is 6.63. The van der Waals surface area contributed by atoms with Crippen LogP contribution in [0.2, 0.25) is 0 Å². The van der Waals surface area contributed by atoms with Gasteiger partial charge in [0.25, 0.3) is 0 Å². The van der Waals surface area contributed by atoms with Gasteiger partial charge in [0.2, 0.25) is 5.91 Å². The molecule has 0 aliphatic heterocycles. The molecule has 0 fully saturated rings. The Morgan fingerprint density at radius 2 is 2.11 bits per heavy atom. The molecule has 1 aromatic rings. The van der Waals surface area contributed by atoms with Gasteiger partial charge in [-0.25, -0.2) is 0 Å². The zero-order valence-electron chi connectivity index (χ0n) is 11.2. The molecule has 4 heteroatoms. The molecule has 19 heavy (non-hydrogen) atoms. The van der Waals surface area contributed by atoms with Crippen LogP contribution in [0.1, 0.15) is 37.1 Å². The summed E-state index contributed by atoms with van der Waals surface area (Å²) in [4.78, 5) is 15.2. The van der Waals surface area contributed by atoms with Gasteiger partial charge in [0.1, 0.15) is 0 Å². The Balaban J connectivity index is 2.08. The Bertz CT molecular complexity index is 429. The van der Waals surface area contributed by atoms with E-state index in [0.29, 0.717) is 12.2 Å². The van der Waals surface area contributed by atoms with E-state index < -0.39 is 0 Å². The van der Waals surface area contributed by atoms with Gasteiger partial charge in [0.05, 0.1) is 5.69 Å². The highest BCUT2D eigenvalue weighted by Crippen LogP contribution is 2.06. The molecule has 0 saturated heterocycles. The Morgan fingerprint density at radius 3 is 2.84 bits per heavy atom. The molecule has 0 aromatic carbocycles. The molecule has 0 bridgehead atoms. The molecule has 2 N–H and O–H groups in total. The summed E-state index contributed by atoms with van der Waals surface area (Å²) in [5, 5.41) is 9.91. The van der Waals surface area contributed by atoms with E-state index in [1.165, 1.54) is 12.3 Å². The first kappa shape index (κ1) is 15.1. The van der Waals surface area contributed by atoms with E-state index in [-0.39, 0.29) is 5.91 Å². The fourth-order valence-corrected chi connectivity index (χ4v) is 1.79. The quantitative estimate of drug-likeness (QED) is 0.406. The number of nitrogens with zero attached hydrogens (tertiary/aromatic N) is 1. The van der Waals surface area contributed by atoms with E-state index in [0.717, 1.165) is 37.8 Å². The summed E-state index contributed by atoms with van der Waals surface area (Å²) in [5.74, 6) is -0.104. The average Bonchev–Trinajstić information content (AvgIpc) is 2.46. The second kappa shape index (κ2) is 9.03. The zero-order valence-corrected chi connectivity index (χ0v) is 11.2. The van der Waals surface area contributed by atoms with Gasteiger partial charge in [-0.1, -0.05) is 25.5 Å². The molecule has 4 nitrogen and oxygen atoms in total. The summed E-state index contributed by atoms with van der Waals surface area (Å²) in [7, 11) is 0. The van der Waals surface area contributed by atoms with Crippen LogP contribution in [-0.4, -0.2) is 23.7 Å². The van der Waals surface area contributed by atoms with Gasteiger partial charge in [-0.3, -0.25) is 9.78 Å². The fraction of sp³-hybridized carbons (Fsp3) is 0.400. The largest absolute Gasteiger partial charge is 0.353 e. The molecular formula is C15H21N3O. The minimum atomic E-state index is -0.104. The maximum absolute atomic E-state index is 10.9. The predicted octanol–water partition coefficient (Wildman–Crippen LogP) is 2.48. The molecule has 0 saturated carbocycles. The Morgan fingerprint density at radius 1 is 1.32 bits per heavy atom. The van der Waals surface area contributed by atoms with E-state index in [4.69, 9.17) is 5.41 Å². The van der Waals surface area contributed by atoms with Crippen LogP contribution in [0, 0.1) is 5.41 Å². The molecule has 1 amide bonds.